The molecule has 0 aromatic heterocycles. The van der Waals surface area contributed by atoms with Gasteiger partial charge in [-0.15, -0.1) is 0 Å². The maximum Gasteiger partial charge on any atom is 0.0569 e. The van der Waals surface area contributed by atoms with E-state index in [0.29, 0.717) is 0 Å². The van der Waals surface area contributed by atoms with Crippen LogP contribution in [0.3, 0.4) is 0 Å². The van der Waals surface area contributed by atoms with Crippen LogP contribution in [0.15, 0.2) is 16.9 Å². The highest BCUT2D eigenvalue weighted by atomic mass is 15.4. The smallest absolute Gasteiger partial charge is 0.0569 e. The fraction of sp³-hybridized carbons (Fsp3) is 0.800. The first-order chi connectivity index (χ1) is 8.74. The number of hydrogen-bond donors (Lipinski definition) is 1. The standard InChI is InChI=1S/C13H27N3.C2H6/c1-4-6-7-8-9-11-16(14)12-13(15-3)10-5-2;1-2/h12H,3-11,14H2,1-2H3;1-2H3/b13-12-;. The van der Waals surface area contributed by atoms with Gasteiger partial charge in [0.1, 0.15) is 0 Å². The Bertz CT molecular complexity index is 200. The zero-order valence-corrected chi connectivity index (χ0v) is 12.9. The quantitative estimate of drug-likeness (QED) is 0.270. The molecule has 0 aliphatic heterocycles. The minimum absolute atomic E-state index is 0.909. The fourth-order valence-corrected chi connectivity index (χ4v) is 1.59. The van der Waals surface area contributed by atoms with Gasteiger partial charge in [-0.05, 0) is 19.6 Å². The van der Waals surface area contributed by atoms with Gasteiger partial charge in [0, 0.05) is 12.7 Å². The van der Waals surface area contributed by atoms with E-state index >= 15 is 0 Å². The molecule has 2 N–H and O–H groups in total. The summed E-state index contributed by atoms with van der Waals surface area (Å²) in [5.41, 5.74) is 0.985. The summed E-state index contributed by atoms with van der Waals surface area (Å²) in [5.74, 6) is 5.86. The van der Waals surface area contributed by atoms with Gasteiger partial charge in [0.2, 0.25) is 0 Å². The Hall–Kier alpha value is -0.830. The molecular formula is C15H33N3. The molecule has 3 heteroatoms. The van der Waals surface area contributed by atoms with Crippen molar-refractivity contribution in [1.82, 2.24) is 5.01 Å². The molecule has 0 spiro atoms. The van der Waals surface area contributed by atoms with E-state index in [-0.39, 0.29) is 0 Å². The van der Waals surface area contributed by atoms with E-state index in [1.807, 2.05) is 20.0 Å². The third kappa shape index (κ3) is 13.2. The molecule has 0 rings (SSSR count). The summed E-state index contributed by atoms with van der Waals surface area (Å²) in [6.07, 6.45) is 10.3. The summed E-state index contributed by atoms with van der Waals surface area (Å²) in [6.45, 7) is 12.8. The number of nitrogens with two attached hydrogens (primary N) is 1. The Morgan fingerprint density at radius 3 is 2.22 bits per heavy atom. The summed E-state index contributed by atoms with van der Waals surface area (Å²) in [5, 5.41) is 1.74. The molecule has 0 atom stereocenters. The predicted molar refractivity (Wildman–Crippen MR) is 83.5 cm³/mol. The van der Waals surface area contributed by atoms with Crippen molar-refractivity contribution in [3.05, 3.63) is 11.9 Å². The molecule has 0 fully saturated rings. The maximum absolute atomic E-state index is 5.86. The van der Waals surface area contributed by atoms with Gasteiger partial charge in [0.15, 0.2) is 0 Å². The van der Waals surface area contributed by atoms with Gasteiger partial charge in [-0.2, -0.15) is 0 Å². The van der Waals surface area contributed by atoms with Gasteiger partial charge in [-0.3, -0.25) is 4.99 Å². The molecule has 0 saturated carbocycles. The van der Waals surface area contributed by atoms with Crippen molar-refractivity contribution < 1.29 is 0 Å². The van der Waals surface area contributed by atoms with Crippen molar-refractivity contribution in [1.29, 1.82) is 0 Å². The largest absolute Gasteiger partial charge is 0.316 e. The first kappa shape index (κ1) is 19.5. The number of nitrogens with zero attached hydrogens (tertiary/aromatic N) is 2. The number of hydrazine groups is 1. The fourth-order valence-electron chi connectivity index (χ4n) is 1.59. The van der Waals surface area contributed by atoms with Gasteiger partial charge in [0.05, 0.1) is 5.70 Å². The summed E-state index contributed by atoms with van der Waals surface area (Å²) < 4.78 is 0. The lowest BCUT2D eigenvalue weighted by Crippen LogP contribution is -2.26. The summed E-state index contributed by atoms with van der Waals surface area (Å²) >= 11 is 0. The average Bonchev–Trinajstić information content (AvgIpc) is 2.40. The molecular weight excluding hydrogens is 222 g/mol. The van der Waals surface area contributed by atoms with Crippen LogP contribution in [0.25, 0.3) is 0 Å². The highest BCUT2D eigenvalue weighted by Crippen LogP contribution is 2.07. The Morgan fingerprint density at radius 1 is 1.11 bits per heavy atom. The van der Waals surface area contributed by atoms with E-state index in [1.165, 1.54) is 25.7 Å². The van der Waals surface area contributed by atoms with Gasteiger partial charge in [0.25, 0.3) is 0 Å². The number of unbranched alkanes of at least 4 members (excludes halogenated alkanes) is 4. The van der Waals surface area contributed by atoms with E-state index in [4.69, 9.17) is 5.84 Å². The molecule has 3 nitrogen and oxygen atoms in total. The minimum Gasteiger partial charge on any atom is -0.316 e. The molecule has 0 radical (unpaired) electrons. The van der Waals surface area contributed by atoms with E-state index in [0.717, 1.165) is 31.5 Å². The molecule has 0 unspecified atom stereocenters. The normalized spacial score (nSPS) is 10.6. The SMILES string of the molecule is C=N/C(=C\N(N)CCCCCCC)CCC.CC. The first-order valence-corrected chi connectivity index (χ1v) is 7.43. The van der Waals surface area contributed by atoms with Crippen molar-refractivity contribution in [2.45, 2.75) is 72.6 Å². The van der Waals surface area contributed by atoms with Crippen molar-refractivity contribution in [2.75, 3.05) is 6.54 Å². The van der Waals surface area contributed by atoms with Gasteiger partial charge in [-0.25, -0.2) is 5.84 Å². The third-order valence-electron chi connectivity index (χ3n) is 2.54. The second kappa shape index (κ2) is 16.2. The average molecular weight is 255 g/mol. The number of aliphatic imine (C=N–C) groups is 1. The van der Waals surface area contributed by atoms with E-state index in [9.17, 15) is 0 Å². The molecule has 0 bridgehead atoms. The molecule has 0 amide bonds. The van der Waals surface area contributed by atoms with Crippen LogP contribution >= 0.6 is 0 Å². The number of allylic oxidation sites excluding steroid dienone is 1. The summed E-state index contributed by atoms with van der Waals surface area (Å²) in [6, 6.07) is 0. The third-order valence-corrected chi connectivity index (χ3v) is 2.54. The van der Waals surface area contributed by atoms with Crippen LogP contribution in [-0.4, -0.2) is 18.3 Å². The second-order valence-electron chi connectivity index (χ2n) is 4.18. The lowest BCUT2D eigenvalue weighted by Gasteiger charge is -2.14. The minimum atomic E-state index is 0.909. The number of rotatable bonds is 10. The lowest BCUT2D eigenvalue weighted by molar-refractivity contribution is 0.373. The van der Waals surface area contributed by atoms with Crippen LogP contribution < -0.4 is 5.84 Å². The zero-order valence-electron chi connectivity index (χ0n) is 12.9. The Balaban J connectivity index is 0. The van der Waals surface area contributed by atoms with E-state index < -0.39 is 0 Å². The van der Waals surface area contributed by atoms with Crippen LogP contribution in [0, 0.1) is 0 Å². The van der Waals surface area contributed by atoms with Crippen LogP contribution in [0.2, 0.25) is 0 Å². The topological polar surface area (TPSA) is 41.6 Å². The van der Waals surface area contributed by atoms with E-state index in [2.05, 4.69) is 25.6 Å². The Kier molecular flexibility index (Phi) is 17.5. The first-order valence-electron chi connectivity index (χ1n) is 7.43. The summed E-state index contributed by atoms with van der Waals surface area (Å²) in [7, 11) is 0. The highest BCUT2D eigenvalue weighted by Gasteiger charge is 1.97. The van der Waals surface area contributed by atoms with Crippen LogP contribution in [-0.2, 0) is 0 Å². The Labute approximate surface area is 114 Å². The molecule has 0 aliphatic carbocycles. The molecule has 18 heavy (non-hydrogen) atoms. The molecule has 108 valence electrons. The predicted octanol–water partition coefficient (Wildman–Crippen LogP) is 4.50. The maximum atomic E-state index is 5.86. The monoisotopic (exact) mass is 255 g/mol. The molecule has 0 heterocycles. The van der Waals surface area contributed by atoms with Crippen LogP contribution in [0.1, 0.15) is 72.6 Å². The molecule has 0 saturated heterocycles. The molecule has 0 aromatic carbocycles. The zero-order chi connectivity index (χ0) is 14.2. The Morgan fingerprint density at radius 2 is 1.72 bits per heavy atom. The summed E-state index contributed by atoms with van der Waals surface area (Å²) in [4.78, 5) is 3.96. The van der Waals surface area contributed by atoms with Crippen molar-refractivity contribution in [2.24, 2.45) is 10.8 Å². The van der Waals surface area contributed by atoms with Crippen LogP contribution in [0.4, 0.5) is 0 Å². The second-order valence-corrected chi connectivity index (χ2v) is 4.18. The van der Waals surface area contributed by atoms with E-state index in [1.54, 1.807) is 5.01 Å². The van der Waals surface area contributed by atoms with Crippen molar-refractivity contribution >= 4 is 6.72 Å². The van der Waals surface area contributed by atoms with Crippen molar-refractivity contribution in [3.63, 3.8) is 0 Å². The lowest BCUT2D eigenvalue weighted by atomic mass is 10.1. The van der Waals surface area contributed by atoms with Crippen molar-refractivity contribution in [3.8, 4) is 0 Å². The number of hydrogen-bond acceptors (Lipinski definition) is 3. The van der Waals surface area contributed by atoms with Gasteiger partial charge in [-0.1, -0.05) is 59.8 Å². The van der Waals surface area contributed by atoms with Gasteiger partial charge >= 0.3 is 0 Å². The molecule has 0 aliphatic rings. The highest BCUT2D eigenvalue weighted by molar-refractivity contribution is 5.28. The molecule has 0 aromatic rings. The van der Waals surface area contributed by atoms with Gasteiger partial charge < -0.3 is 5.01 Å². The van der Waals surface area contributed by atoms with Crippen LogP contribution in [0.5, 0.6) is 0 Å².